The molecule has 0 fully saturated rings. The molecule has 0 aliphatic carbocycles. The van der Waals surface area contributed by atoms with Gasteiger partial charge in [-0.15, -0.1) is 0 Å². The maximum atomic E-state index is 13.1. The summed E-state index contributed by atoms with van der Waals surface area (Å²) in [6, 6.07) is 25.4. The number of benzene rings is 3. The first-order valence-electron chi connectivity index (χ1n) is 10.6. The van der Waals surface area contributed by atoms with E-state index in [1.807, 2.05) is 60.9 Å². The van der Waals surface area contributed by atoms with Crippen LogP contribution in [0.1, 0.15) is 27.3 Å². The van der Waals surface area contributed by atoms with E-state index in [1.54, 1.807) is 24.3 Å². The van der Waals surface area contributed by atoms with Gasteiger partial charge in [-0.1, -0.05) is 30.3 Å². The zero-order chi connectivity index (χ0) is 24.5. The molecular formula is C27H23N3O3S. The smallest absolute Gasteiger partial charge is 0.257 e. The Balaban J connectivity index is 1.68. The van der Waals surface area contributed by atoms with Crippen LogP contribution in [0.4, 0.5) is 5.69 Å². The molecule has 1 amide bonds. The van der Waals surface area contributed by atoms with Crippen LogP contribution in [0.3, 0.4) is 0 Å². The molecule has 0 atom stereocenters. The molecule has 170 valence electrons. The quantitative estimate of drug-likeness (QED) is 0.430. The van der Waals surface area contributed by atoms with E-state index in [0.29, 0.717) is 16.8 Å². The highest BCUT2D eigenvalue weighted by atomic mass is 32.2. The van der Waals surface area contributed by atoms with Crippen molar-refractivity contribution in [3.8, 4) is 22.9 Å². The van der Waals surface area contributed by atoms with Crippen LogP contribution in [-0.2, 0) is 9.84 Å². The van der Waals surface area contributed by atoms with E-state index in [9.17, 15) is 13.2 Å². The molecule has 1 aromatic heterocycles. The zero-order valence-corrected chi connectivity index (χ0v) is 19.8. The molecule has 0 unspecified atom stereocenters. The van der Waals surface area contributed by atoms with Gasteiger partial charge >= 0.3 is 0 Å². The van der Waals surface area contributed by atoms with Gasteiger partial charge in [0, 0.05) is 28.9 Å². The van der Waals surface area contributed by atoms with Crippen molar-refractivity contribution in [2.75, 3.05) is 11.6 Å². The van der Waals surface area contributed by atoms with Crippen molar-refractivity contribution in [2.24, 2.45) is 0 Å². The number of anilines is 1. The standard InChI is InChI=1S/C27H23N3O3S/c1-18-16-25(27(31)29-22-12-14-23(15-13-22)34(3,32)33)19(2)30(18)26-7-5-4-6-24(26)21-10-8-20(17-28)9-11-21/h4-16H,1-3H3,(H,29,31). The van der Waals surface area contributed by atoms with E-state index < -0.39 is 9.84 Å². The summed E-state index contributed by atoms with van der Waals surface area (Å²) in [6.07, 6.45) is 1.14. The Hall–Kier alpha value is -4.15. The Labute approximate surface area is 199 Å². The second-order valence-electron chi connectivity index (χ2n) is 8.08. The first kappa shape index (κ1) is 23.0. The lowest BCUT2D eigenvalue weighted by Crippen LogP contribution is -2.13. The molecule has 1 N–H and O–H groups in total. The third-order valence-electron chi connectivity index (χ3n) is 5.69. The number of hydrogen-bond donors (Lipinski definition) is 1. The summed E-state index contributed by atoms with van der Waals surface area (Å²) in [7, 11) is -3.30. The number of carbonyl (C=O) groups excluding carboxylic acids is 1. The van der Waals surface area contributed by atoms with Gasteiger partial charge in [-0.3, -0.25) is 4.79 Å². The van der Waals surface area contributed by atoms with Crippen LogP contribution in [0, 0.1) is 25.2 Å². The molecule has 0 aliphatic heterocycles. The summed E-state index contributed by atoms with van der Waals surface area (Å²) in [5.41, 5.74) is 6.20. The van der Waals surface area contributed by atoms with Crippen LogP contribution in [0.2, 0.25) is 0 Å². The highest BCUT2D eigenvalue weighted by molar-refractivity contribution is 7.90. The number of aryl methyl sites for hydroxylation is 1. The molecule has 3 aromatic carbocycles. The van der Waals surface area contributed by atoms with E-state index in [2.05, 4.69) is 11.4 Å². The van der Waals surface area contributed by atoms with E-state index in [0.717, 1.165) is 34.5 Å². The van der Waals surface area contributed by atoms with Crippen LogP contribution >= 0.6 is 0 Å². The number of nitrogens with zero attached hydrogens (tertiary/aromatic N) is 2. The fourth-order valence-corrected chi connectivity index (χ4v) is 4.61. The third kappa shape index (κ3) is 4.49. The molecule has 34 heavy (non-hydrogen) atoms. The number of sulfone groups is 1. The normalized spacial score (nSPS) is 11.1. The number of rotatable bonds is 5. The van der Waals surface area contributed by atoms with Gasteiger partial charge < -0.3 is 9.88 Å². The van der Waals surface area contributed by atoms with Crippen LogP contribution < -0.4 is 5.32 Å². The molecular weight excluding hydrogens is 446 g/mol. The predicted octanol–water partition coefficient (Wildman–Crippen LogP) is 5.29. The Morgan fingerprint density at radius 2 is 1.59 bits per heavy atom. The van der Waals surface area contributed by atoms with E-state index in [1.165, 1.54) is 12.1 Å². The Morgan fingerprint density at radius 3 is 2.21 bits per heavy atom. The third-order valence-corrected chi connectivity index (χ3v) is 6.81. The van der Waals surface area contributed by atoms with Gasteiger partial charge in [-0.2, -0.15) is 5.26 Å². The summed E-state index contributed by atoms with van der Waals surface area (Å²) in [5.74, 6) is -0.276. The first-order valence-corrected chi connectivity index (χ1v) is 12.5. The molecule has 0 aliphatic rings. The number of nitriles is 1. The summed E-state index contributed by atoms with van der Waals surface area (Å²) in [5, 5.41) is 11.9. The molecule has 0 saturated carbocycles. The Morgan fingerprint density at radius 1 is 0.941 bits per heavy atom. The molecule has 0 spiro atoms. The summed E-state index contributed by atoms with van der Waals surface area (Å²) >= 11 is 0. The molecule has 0 radical (unpaired) electrons. The number of aromatic nitrogens is 1. The minimum Gasteiger partial charge on any atom is -0.322 e. The molecule has 1 heterocycles. The summed E-state index contributed by atoms with van der Waals surface area (Å²) in [6.45, 7) is 3.84. The molecule has 7 heteroatoms. The average Bonchev–Trinajstić information content (AvgIpc) is 3.12. The number of amides is 1. The Bertz CT molecular complexity index is 1530. The average molecular weight is 470 g/mol. The van der Waals surface area contributed by atoms with E-state index in [4.69, 9.17) is 5.26 Å². The Kier molecular flexibility index (Phi) is 6.10. The topological polar surface area (TPSA) is 92.0 Å². The molecule has 4 aromatic rings. The number of hydrogen-bond acceptors (Lipinski definition) is 4. The minimum atomic E-state index is -3.30. The van der Waals surface area contributed by atoms with Crippen molar-refractivity contribution in [3.63, 3.8) is 0 Å². The lowest BCUT2D eigenvalue weighted by molar-refractivity contribution is 0.102. The van der Waals surface area contributed by atoms with Crippen molar-refractivity contribution in [1.29, 1.82) is 5.26 Å². The van der Waals surface area contributed by atoms with Gasteiger partial charge in [0.25, 0.3) is 5.91 Å². The van der Waals surface area contributed by atoms with Crippen molar-refractivity contribution in [3.05, 3.63) is 101 Å². The molecule has 6 nitrogen and oxygen atoms in total. The molecule has 0 saturated heterocycles. The predicted molar refractivity (Wildman–Crippen MR) is 133 cm³/mol. The molecule has 4 rings (SSSR count). The van der Waals surface area contributed by atoms with E-state index in [-0.39, 0.29) is 10.8 Å². The van der Waals surface area contributed by atoms with Crippen molar-refractivity contribution < 1.29 is 13.2 Å². The fourth-order valence-electron chi connectivity index (χ4n) is 3.98. The van der Waals surface area contributed by atoms with Crippen molar-refractivity contribution in [1.82, 2.24) is 4.57 Å². The van der Waals surface area contributed by atoms with Gasteiger partial charge in [-0.05, 0) is 67.9 Å². The highest BCUT2D eigenvalue weighted by Gasteiger charge is 2.19. The fraction of sp³-hybridized carbons (Fsp3) is 0.111. The lowest BCUT2D eigenvalue weighted by Gasteiger charge is -2.15. The monoisotopic (exact) mass is 469 g/mol. The SMILES string of the molecule is Cc1cc(C(=O)Nc2ccc(S(C)(=O)=O)cc2)c(C)n1-c1ccccc1-c1ccc(C#N)cc1. The van der Waals surface area contributed by atoms with Crippen molar-refractivity contribution >= 4 is 21.4 Å². The second-order valence-corrected chi connectivity index (χ2v) is 10.1. The molecule has 0 bridgehead atoms. The maximum Gasteiger partial charge on any atom is 0.257 e. The van der Waals surface area contributed by atoms with Crippen LogP contribution in [0.25, 0.3) is 16.8 Å². The van der Waals surface area contributed by atoms with Gasteiger partial charge in [0.05, 0.1) is 27.8 Å². The first-order chi connectivity index (χ1) is 16.2. The summed E-state index contributed by atoms with van der Waals surface area (Å²) < 4.78 is 25.4. The zero-order valence-electron chi connectivity index (χ0n) is 19.0. The van der Waals surface area contributed by atoms with E-state index >= 15 is 0 Å². The lowest BCUT2D eigenvalue weighted by atomic mass is 10.0. The van der Waals surface area contributed by atoms with Crippen LogP contribution in [0.5, 0.6) is 0 Å². The van der Waals surface area contributed by atoms with Crippen LogP contribution in [-0.4, -0.2) is 25.1 Å². The summed E-state index contributed by atoms with van der Waals surface area (Å²) in [4.78, 5) is 13.3. The minimum absolute atomic E-state index is 0.197. The van der Waals surface area contributed by atoms with Crippen LogP contribution in [0.15, 0.2) is 83.8 Å². The van der Waals surface area contributed by atoms with Gasteiger partial charge in [0.1, 0.15) is 0 Å². The number of carbonyl (C=O) groups is 1. The highest BCUT2D eigenvalue weighted by Crippen LogP contribution is 2.31. The number of para-hydroxylation sites is 1. The maximum absolute atomic E-state index is 13.1. The van der Waals surface area contributed by atoms with Gasteiger partial charge in [-0.25, -0.2) is 8.42 Å². The van der Waals surface area contributed by atoms with Gasteiger partial charge in [0.2, 0.25) is 0 Å². The van der Waals surface area contributed by atoms with Gasteiger partial charge in [0.15, 0.2) is 9.84 Å². The van der Waals surface area contributed by atoms with Crippen molar-refractivity contribution in [2.45, 2.75) is 18.7 Å². The second kappa shape index (κ2) is 9.00. The largest absolute Gasteiger partial charge is 0.322 e. The number of nitrogens with one attached hydrogen (secondary N) is 1.